The smallest absolute Gasteiger partial charge is 0.165 e. The summed E-state index contributed by atoms with van der Waals surface area (Å²) in [7, 11) is 1.93. The Bertz CT molecular complexity index is 291. The SMILES string of the molecule is CNC(C)CCCOc1ccccc1F. The summed E-state index contributed by atoms with van der Waals surface area (Å²) >= 11 is 0. The summed E-state index contributed by atoms with van der Waals surface area (Å²) in [5, 5.41) is 3.15. The van der Waals surface area contributed by atoms with Gasteiger partial charge in [-0.2, -0.15) is 0 Å². The van der Waals surface area contributed by atoms with Crippen molar-refractivity contribution in [3.63, 3.8) is 0 Å². The fourth-order valence-corrected chi connectivity index (χ4v) is 1.28. The first-order chi connectivity index (χ1) is 7.24. The fourth-order valence-electron chi connectivity index (χ4n) is 1.28. The molecule has 0 amide bonds. The highest BCUT2D eigenvalue weighted by atomic mass is 19.1. The third-order valence-corrected chi connectivity index (χ3v) is 2.37. The summed E-state index contributed by atoms with van der Waals surface area (Å²) < 4.78 is 18.4. The third-order valence-electron chi connectivity index (χ3n) is 2.37. The fraction of sp³-hybridized carbons (Fsp3) is 0.500. The minimum Gasteiger partial charge on any atom is -0.491 e. The molecular weight excluding hydrogens is 193 g/mol. The Kier molecular flexibility index (Phi) is 5.12. The Morgan fingerprint density at radius 3 is 2.80 bits per heavy atom. The van der Waals surface area contributed by atoms with Crippen molar-refractivity contribution in [3.8, 4) is 5.75 Å². The van der Waals surface area contributed by atoms with Crippen molar-refractivity contribution < 1.29 is 9.13 Å². The molecule has 0 heterocycles. The maximum absolute atomic E-state index is 13.1. The van der Waals surface area contributed by atoms with Gasteiger partial charge in [0.1, 0.15) is 0 Å². The summed E-state index contributed by atoms with van der Waals surface area (Å²) in [5.41, 5.74) is 0. The highest BCUT2D eigenvalue weighted by Crippen LogP contribution is 2.15. The standard InChI is InChI=1S/C12H18FNO/c1-10(14-2)6-5-9-15-12-8-4-3-7-11(12)13/h3-4,7-8,10,14H,5-6,9H2,1-2H3. The lowest BCUT2D eigenvalue weighted by Gasteiger charge is -2.10. The molecule has 0 bridgehead atoms. The van der Waals surface area contributed by atoms with E-state index in [-0.39, 0.29) is 5.82 Å². The summed E-state index contributed by atoms with van der Waals surface area (Å²) in [6.45, 7) is 2.68. The molecule has 1 atom stereocenters. The second kappa shape index (κ2) is 6.40. The zero-order valence-corrected chi connectivity index (χ0v) is 9.29. The predicted molar refractivity (Wildman–Crippen MR) is 59.7 cm³/mol. The molecule has 0 aliphatic heterocycles. The van der Waals surface area contributed by atoms with Crippen LogP contribution in [-0.2, 0) is 0 Å². The average molecular weight is 211 g/mol. The van der Waals surface area contributed by atoms with Gasteiger partial charge in [0.15, 0.2) is 11.6 Å². The van der Waals surface area contributed by atoms with Gasteiger partial charge in [-0.15, -0.1) is 0 Å². The highest BCUT2D eigenvalue weighted by Gasteiger charge is 2.02. The minimum absolute atomic E-state index is 0.292. The largest absolute Gasteiger partial charge is 0.491 e. The zero-order valence-electron chi connectivity index (χ0n) is 9.29. The monoisotopic (exact) mass is 211 g/mol. The number of halogens is 1. The molecule has 0 aliphatic carbocycles. The molecule has 84 valence electrons. The van der Waals surface area contributed by atoms with Crippen molar-refractivity contribution in [2.75, 3.05) is 13.7 Å². The zero-order chi connectivity index (χ0) is 11.1. The molecule has 15 heavy (non-hydrogen) atoms. The molecule has 0 fully saturated rings. The second-order valence-corrected chi connectivity index (χ2v) is 3.61. The predicted octanol–water partition coefficient (Wildman–Crippen LogP) is 2.59. The van der Waals surface area contributed by atoms with Crippen LogP contribution in [0.5, 0.6) is 5.75 Å². The lowest BCUT2D eigenvalue weighted by molar-refractivity contribution is 0.286. The van der Waals surface area contributed by atoms with Crippen LogP contribution in [0.3, 0.4) is 0 Å². The van der Waals surface area contributed by atoms with Gasteiger partial charge in [-0.05, 0) is 38.9 Å². The molecule has 1 aromatic rings. The number of rotatable bonds is 6. The normalized spacial score (nSPS) is 12.5. The molecule has 2 nitrogen and oxygen atoms in total. The first kappa shape index (κ1) is 12.0. The van der Waals surface area contributed by atoms with Gasteiger partial charge in [0.05, 0.1) is 6.61 Å². The van der Waals surface area contributed by atoms with Crippen molar-refractivity contribution in [2.45, 2.75) is 25.8 Å². The van der Waals surface area contributed by atoms with Crippen LogP contribution >= 0.6 is 0 Å². The third kappa shape index (κ3) is 4.30. The van der Waals surface area contributed by atoms with E-state index in [0.29, 0.717) is 18.4 Å². The quantitative estimate of drug-likeness (QED) is 0.730. The summed E-state index contributed by atoms with van der Waals surface area (Å²) in [6, 6.07) is 6.97. The molecule has 1 unspecified atom stereocenters. The second-order valence-electron chi connectivity index (χ2n) is 3.61. The Balaban J connectivity index is 2.23. The van der Waals surface area contributed by atoms with E-state index in [1.807, 2.05) is 7.05 Å². The molecule has 1 rings (SSSR count). The highest BCUT2D eigenvalue weighted by molar-refractivity contribution is 5.23. The lowest BCUT2D eigenvalue weighted by atomic mass is 10.2. The van der Waals surface area contributed by atoms with Crippen LogP contribution in [-0.4, -0.2) is 19.7 Å². The van der Waals surface area contributed by atoms with Gasteiger partial charge in [-0.3, -0.25) is 0 Å². The van der Waals surface area contributed by atoms with Crippen molar-refractivity contribution in [1.29, 1.82) is 0 Å². The van der Waals surface area contributed by atoms with E-state index in [9.17, 15) is 4.39 Å². The molecule has 3 heteroatoms. The van der Waals surface area contributed by atoms with Crippen LogP contribution in [0.4, 0.5) is 4.39 Å². The van der Waals surface area contributed by atoms with E-state index >= 15 is 0 Å². The Hall–Kier alpha value is -1.09. The van der Waals surface area contributed by atoms with Gasteiger partial charge in [-0.25, -0.2) is 4.39 Å². The summed E-state index contributed by atoms with van der Waals surface area (Å²) in [5.74, 6) is 0.0498. The molecule has 0 spiro atoms. The number of hydrogen-bond donors (Lipinski definition) is 1. The Morgan fingerprint density at radius 1 is 1.40 bits per heavy atom. The first-order valence-corrected chi connectivity index (χ1v) is 5.28. The molecule has 0 saturated heterocycles. The van der Waals surface area contributed by atoms with Gasteiger partial charge in [-0.1, -0.05) is 12.1 Å². The van der Waals surface area contributed by atoms with Crippen LogP contribution < -0.4 is 10.1 Å². The average Bonchev–Trinajstić information content (AvgIpc) is 2.26. The van der Waals surface area contributed by atoms with E-state index in [4.69, 9.17) is 4.74 Å². The topological polar surface area (TPSA) is 21.3 Å². The summed E-state index contributed by atoms with van der Waals surface area (Å²) in [6.07, 6.45) is 1.96. The maximum Gasteiger partial charge on any atom is 0.165 e. The van der Waals surface area contributed by atoms with Crippen molar-refractivity contribution in [2.24, 2.45) is 0 Å². The van der Waals surface area contributed by atoms with Crippen molar-refractivity contribution in [1.82, 2.24) is 5.32 Å². The first-order valence-electron chi connectivity index (χ1n) is 5.28. The molecule has 0 aromatic heterocycles. The Morgan fingerprint density at radius 2 is 2.13 bits per heavy atom. The molecule has 1 aromatic carbocycles. The molecule has 1 N–H and O–H groups in total. The number of nitrogens with one attached hydrogen (secondary N) is 1. The van der Waals surface area contributed by atoms with Crippen molar-refractivity contribution >= 4 is 0 Å². The number of benzene rings is 1. The maximum atomic E-state index is 13.1. The van der Waals surface area contributed by atoms with Gasteiger partial charge in [0, 0.05) is 6.04 Å². The Labute approximate surface area is 90.4 Å². The van der Waals surface area contributed by atoms with E-state index in [1.165, 1.54) is 6.07 Å². The van der Waals surface area contributed by atoms with Crippen LogP contribution in [0.15, 0.2) is 24.3 Å². The van der Waals surface area contributed by atoms with Gasteiger partial charge < -0.3 is 10.1 Å². The molecule has 0 saturated carbocycles. The molecular formula is C12H18FNO. The van der Waals surface area contributed by atoms with E-state index in [1.54, 1.807) is 18.2 Å². The van der Waals surface area contributed by atoms with E-state index < -0.39 is 0 Å². The summed E-state index contributed by atoms with van der Waals surface area (Å²) in [4.78, 5) is 0. The van der Waals surface area contributed by atoms with E-state index in [2.05, 4.69) is 12.2 Å². The number of ether oxygens (including phenoxy) is 1. The molecule has 0 radical (unpaired) electrons. The van der Waals surface area contributed by atoms with Crippen LogP contribution in [0.2, 0.25) is 0 Å². The van der Waals surface area contributed by atoms with Crippen LogP contribution in [0.1, 0.15) is 19.8 Å². The van der Waals surface area contributed by atoms with Gasteiger partial charge in [0.2, 0.25) is 0 Å². The molecule has 0 aliphatic rings. The van der Waals surface area contributed by atoms with Crippen LogP contribution in [0.25, 0.3) is 0 Å². The lowest BCUT2D eigenvalue weighted by Crippen LogP contribution is -2.21. The number of hydrogen-bond acceptors (Lipinski definition) is 2. The van der Waals surface area contributed by atoms with Gasteiger partial charge in [0.25, 0.3) is 0 Å². The number of para-hydroxylation sites is 1. The van der Waals surface area contributed by atoms with Crippen LogP contribution in [0, 0.1) is 5.82 Å². The van der Waals surface area contributed by atoms with Gasteiger partial charge >= 0.3 is 0 Å². The van der Waals surface area contributed by atoms with Crippen molar-refractivity contribution in [3.05, 3.63) is 30.1 Å². The van der Waals surface area contributed by atoms with E-state index in [0.717, 1.165) is 12.8 Å². The minimum atomic E-state index is -0.292.